The highest BCUT2D eigenvalue weighted by molar-refractivity contribution is 9.11. The molecule has 0 saturated carbocycles. The summed E-state index contributed by atoms with van der Waals surface area (Å²) in [4.78, 5) is 0.828. The monoisotopic (exact) mass is 410 g/mol. The van der Waals surface area contributed by atoms with Gasteiger partial charge in [-0.15, -0.1) is 11.3 Å². The largest absolute Gasteiger partial charge is 0.495 e. The third-order valence-electron chi connectivity index (χ3n) is 2.40. The summed E-state index contributed by atoms with van der Waals surface area (Å²) in [5.74, 6) is 0.594. The molecule has 0 amide bonds. The van der Waals surface area contributed by atoms with E-state index in [0.29, 0.717) is 16.3 Å². The lowest BCUT2D eigenvalue weighted by Crippen LogP contribution is -2.01. The van der Waals surface area contributed by atoms with Crippen molar-refractivity contribution in [1.29, 1.82) is 0 Å². The first kappa shape index (κ1) is 14.3. The van der Waals surface area contributed by atoms with Gasteiger partial charge in [-0.2, -0.15) is 0 Å². The maximum absolute atomic E-state index is 10.4. The van der Waals surface area contributed by atoms with E-state index in [-0.39, 0.29) is 0 Å². The number of benzene rings is 1. The van der Waals surface area contributed by atoms with E-state index in [9.17, 15) is 5.11 Å². The fourth-order valence-electron chi connectivity index (χ4n) is 1.63. The Bertz CT molecular complexity index is 571. The smallest absolute Gasteiger partial charge is 0.139 e. The van der Waals surface area contributed by atoms with Gasteiger partial charge in [0.1, 0.15) is 11.9 Å². The summed E-state index contributed by atoms with van der Waals surface area (Å²) in [7, 11) is 1.56. The van der Waals surface area contributed by atoms with Crippen molar-refractivity contribution in [1.82, 2.24) is 0 Å². The van der Waals surface area contributed by atoms with Crippen LogP contribution in [0.1, 0.15) is 16.5 Å². The quantitative estimate of drug-likeness (QED) is 0.767. The minimum absolute atomic E-state index is 0.548. The number of ether oxygens (including phenoxy) is 1. The molecule has 0 aliphatic carbocycles. The van der Waals surface area contributed by atoms with Crippen molar-refractivity contribution in [2.24, 2.45) is 0 Å². The van der Waals surface area contributed by atoms with Gasteiger partial charge in [0.05, 0.1) is 15.4 Å². The van der Waals surface area contributed by atoms with E-state index in [0.717, 1.165) is 13.1 Å². The third kappa shape index (κ3) is 2.91. The number of aliphatic hydroxyl groups excluding tert-OH is 1. The Morgan fingerprint density at radius 2 is 2.06 bits per heavy atom. The van der Waals surface area contributed by atoms with Gasteiger partial charge in [-0.1, -0.05) is 11.6 Å². The SMILES string of the molecule is COc1c(Br)cc(Cl)cc1C(O)c1ccc(Br)s1. The zero-order valence-corrected chi connectivity index (χ0v) is 14.0. The maximum Gasteiger partial charge on any atom is 0.139 e. The fourth-order valence-corrected chi connectivity index (χ4v) is 4.05. The highest BCUT2D eigenvalue weighted by Crippen LogP contribution is 2.40. The number of halogens is 3. The Balaban J connectivity index is 2.49. The number of rotatable bonds is 3. The van der Waals surface area contributed by atoms with Gasteiger partial charge in [0.2, 0.25) is 0 Å². The maximum atomic E-state index is 10.4. The summed E-state index contributed by atoms with van der Waals surface area (Å²) < 4.78 is 7.00. The molecular weight excluding hydrogens is 403 g/mol. The molecule has 18 heavy (non-hydrogen) atoms. The molecule has 1 aromatic heterocycles. The molecule has 6 heteroatoms. The number of methoxy groups -OCH3 is 1. The highest BCUT2D eigenvalue weighted by atomic mass is 79.9. The second kappa shape index (κ2) is 5.92. The van der Waals surface area contributed by atoms with Gasteiger partial charge >= 0.3 is 0 Å². The lowest BCUT2D eigenvalue weighted by molar-refractivity contribution is 0.218. The summed E-state index contributed by atoms with van der Waals surface area (Å²) in [5.41, 5.74) is 0.645. The van der Waals surface area contributed by atoms with Crippen molar-refractivity contribution in [2.45, 2.75) is 6.10 Å². The van der Waals surface area contributed by atoms with Crippen molar-refractivity contribution >= 4 is 54.8 Å². The van der Waals surface area contributed by atoms with Crippen LogP contribution in [0.15, 0.2) is 32.5 Å². The Hall–Kier alpha value is -0.0700. The standard InChI is InChI=1S/C12H9Br2ClO2S/c1-17-12-7(4-6(15)5-8(12)13)11(16)9-2-3-10(14)18-9/h2-5,11,16H,1H3. The number of thiophene rings is 1. The van der Waals surface area contributed by atoms with Crippen LogP contribution in [0.25, 0.3) is 0 Å². The summed E-state index contributed by atoms with van der Waals surface area (Å²) in [5, 5.41) is 10.9. The van der Waals surface area contributed by atoms with Gasteiger partial charge in [0, 0.05) is 15.5 Å². The molecule has 2 aromatic rings. The summed E-state index contributed by atoms with van der Waals surface area (Å²) in [6.07, 6.45) is -0.758. The fraction of sp³-hybridized carbons (Fsp3) is 0.167. The normalized spacial score (nSPS) is 12.5. The average Bonchev–Trinajstić information content (AvgIpc) is 2.74. The Kier molecular flexibility index (Phi) is 4.72. The molecule has 0 radical (unpaired) electrons. The lowest BCUT2D eigenvalue weighted by atomic mass is 10.1. The van der Waals surface area contributed by atoms with Crippen LogP contribution in [0.3, 0.4) is 0 Å². The highest BCUT2D eigenvalue weighted by Gasteiger charge is 2.20. The first-order valence-electron chi connectivity index (χ1n) is 4.99. The minimum Gasteiger partial charge on any atom is -0.495 e. The molecule has 1 unspecified atom stereocenters. The minimum atomic E-state index is -0.758. The second-order valence-electron chi connectivity index (χ2n) is 3.55. The van der Waals surface area contributed by atoms with Crippen LogP contribution >= 0.6 is 54.8 Å². The summed E-state index contributed by atoms with van der Waals surface area (Å²) >= 11 is 14.2. The first-order valence-corrected chi connectivity index (χ1v) is 7.77. The first-order chi connectivity index (χ1) is 8.52. The third-order valence-corrected chi connectivity index (χ3v) is 4.88. The molecule has 1 aromatic carbocycles. The van der Waals surface area contributed by atoms with E-state index < -0.39 is 6.10 Å². The van der Waals surface area contributed by atoms with Crippen LogP contribution in [-0.4, -0.2) is 12.2 Å². The molecule has 0 saturated heterocycles. The van der Waals surface area contributed by atoms with E-state index in [1.807, 2.05) is 12.1 Å². The van der Waals surface area contributed by atoms with Gasteiger partial charge in [0.25, 0.3) is 0 Å². The molecule has 2 nitrogen and oxygen atoms in total. The van der Waals surface area contributed by atoms with Crippen molar-refractivity contribution in [3.05, 3.63) is 48.0 Å². The van der Waals surface area contributed by atoms with Crippen LogP contribution in [-0.2, 0) is 0 Å². The van der Waals surface area contributed by atoms with Crippen molar-refractivity contribution in [3.8, 4) is 5.75 Å². The molecule has 1 N–H and O–H groups in total. The number of hydrogen-bond donors (Lipinski definition) is 1. The summed E-state index contributed by atoms with van der Waals surface area (Å²) in [6.45, 7) is 0. The Labute approximate surface area is 131 Å². The molecule has 0 spiro atoms. The van der Waals surface area contributed by atoms with E-state index >= 15 is 0 Å². The molecule has 0 fully saturated rings. The molecule has 96 valence electrons. The Morgan fingerprint density at radius 1 is 1.33 bits per heavy atom. The molecular formula is C12H9Br2ClO2S. The van der Waals surface area contributed by atoms with Crippen LogP contribution in [0, 0.1) is 0 Å². The zero-order chi connectivity index (χ0) is 13.3. The Morgan fingerprint density at radius 3 is 2.61 bits per heavy atom. The van der Waals surface area contributed by atoms with Gasteiger partial charge in [-0.05, 0) is 56.1 Å². The average molecular weight is 413 g/mol. The lowest BCUT2D eigenvalue weighted by Gasteiger charge is -2.15. The molecule has 2 rings (SSSR count). The molecule has 0 aliphatic heterocycles. The molecule has 0 bridgehead atoms. The van der Waals surface area contributed by atoms with Crippen molar-refractivity contribution in [2.75, 3.05) is 7.11 Å². The van der Waals surface area contributed by atoms with Gasteiger partial charge in [0.15, 0.2) is 0 Å². The van der Waals surface area contributed by atoms with Gasteiger partial charge in [-0.3, -0.25) is 0 Å². The molecule has 1 heterocycles. The van der Waals surface area contributed by atoms with Crippen molar-refractivity contribution < 1.29 is 9.84 Å². The van der Waals surface area contributed by atoms with Crippen LogP contribution < -0.4 is 4.74 Å². The van der Waals surface area contributed by atoms with E-state index in [1.54, 1.807) is 19.2 Å². The van der Waals surface area contributed by atoms with E-state index in [4.69, 9.17) is 16.3 Å². The second-order valence-corrected chi connectivity index (χ2v) is 7.34. The number of hydrogen-bond acceptors (Lipinski definition) is 3. The molecule has 1 atom stereocenters. The summed E-state index contributed by atoms with van der Waals surface area (Å²) in [6, 6.07) is 7.22. The predicted octanol–water partition coefficient (Wildman–Crippen LogP) is 5.02. The van der Waals surface area contributed by atoms with Crippen LogP contribution in [0.4, 0.5) is 0 Å². The van der Waals surface area contributed by atoms with E-state index in [1.165, 1.54) is 11.3 Å². The topological polar surface area (TPSA) is 29.5 Å². The number of aliphatic hydroxyl groups is 1. The van der Waals surface area contributed by atoms with Gasteiger partial charge < -0.3 is 9.84 Å². The van der Waals surface area contributed by atoms with Gasteiger partial charge in [-0.25, -0.2) is 0 Å². The zero-order valence-electron chi connectivity index (χ0n) is 9.28. The van der Waals surface area contributed by atoms with Crippen molar-refractivity contribution in [3.63, 3.8) is 0 Å². The van der Waals surface area contributed by atoms with E-state index in [2.05, 4.69) is 31.9 Å². The molecule has 0 aliphatic rings. The predicted molar refractivity (Wildman–Crippen MR) is 81.8 cm³/mol. The van der Waals surface area contributed by atoms with Crippen LogP contribution in [0.2, 0.25) is 5.02 Å². The van der Waals surface area contributed by atoms with Crippen LogP contribution in [0.5, 0.6) is 5.75 Å².